The molecule has 1 aromatic heterocycles. The molecule has 1 aromatic carbocycles. The zero-order chi connectivity index (χ0) is 10.8. The van der Waals surface area contributed by atoms with Crippen molar-refractivity contribution in [3.05, 3.63) is 24.5 Å². The lowest BCUT2D eigenvalue weighted by atomic mass is 10.2. The maximum Gasteiger partial charge on any atom is 0.321 e. The highest BCUT2D eigenvalue weighted by Gasteiger charge is 2.09. The molecular formula is C10H12N4O. The van der Waals surface area contributed by atoms with Crippen molar-refractivity contribution >= 4 is 22.8 Å². The minimum atomic E-state index is -0.148. The van der Waals surface area contributed by atoms with Crippen LogP contribution in [-0.2, 0) is 0 Å². The molecule has 2 amide bonds. The van der Waals surface area contributed by atoms with Crippen LogP contribution in [0.2, 0.25) is 0 Å². The molecule has 0 spiro atoms. The van der Waals surface area contributed by atoms with E-state index in [1.54, 1.807) is 20.4 Å². The summed E-state index contributed by atoms with van der Waals surface area (Å²) in [6.45, 7) is 0. The Hall–Kier alpha value is -2.04. The number of carbonyl (C=O) groups is 1. The summed E-state index contributed by atoms with van der Waals surface area (Å²) in [4.78, 5) is 20.0. The van der Waals surface area contributed by atoms with Crippen LogP contribution in [-0.4, -0.2) is 30.1 Å². The average Bonchev–Trinajstić information content (AvgIpc) is 2.73. The van der Waals surface area contributed by atoms with Crippen molar-refractivity contribution in [1.29, 1.82) is 0 Å². The molecule has 0 saturated carbocycles. The van der Waals surface area contributed by atoms with Crippen molar-refractivity contribution < 1.29 is 4.79 Å². The molecule has 0 aliphatic carbocycles. The van der Waals surface area contributed by atoms with E-state index in [4.69, 9.17) is 0 Å². The van der Waals surface area contributed by atoms with E-state index >= 15 is 0 Å². The second kappa shape index (κ2) is 3.61. The van der Waals surface area contributed by atoms with Gasteiger partial charge in [0.15, 0.2) is 0 Å². The van der Waals surface area contributed by atoms with Crippen LogP contribution in [0.25, 0.3) is 11.0 Å². The van der Waals surface area contributed by atoms with Gasteiger partial charge in [0.2, 0.25) is 0 Å². The molecule has 15 heavy (non-hydrogen) atoms. The Morgan fingerprint density at radius 2 is 2.33 bits per heavy atom. The largest absolute Gasteiger partial charge is 0.345 e. The summed E-state index contributed by atoms with van der Waals surface area (Å²) in [5.74, 6) is 0. The zero-order valence-corrected chi connectivity index (χ0v) is 8.61. The molecule has 5 nitrogen and oxygen atoms in total. The number of urea groups is 1. The van der Waals surface area contributed by atoms with Crippen molar-refractivity contribution in [3.63, 3.8) is 0 Å². The Bertz CT molecular complexity index is 491. The molecule has 0 radical (unpaired) electrons. The Morgan fingerprint density at radius 1 is 1.53 bits per heavy atom. The van der Waals surface area contributed by atoms with E-state index in [-0.39, 0.29) is 6.03 Å². The van der Waals surface area contributed by atoms with Crippen molar-refractivity contribution in [2.75, 3.05) is 19.0 Å². The van der Waals surface area contributed by atoms with E-state index in [1.807, 2.05) is 18.2 Å². The minimum absolute atomic E-state index is 0.148. The molecule has 0 aliphatic rings. The fourth-order valence-corrected chi connectivity index (χ4v) is 1.41. The molecule has 2 rings (SSSR count). The minimum Gasteiger partial charge on any atom is -0.345 e. The molecule has 0 aliphatic heterocycles. The number of fused-ring (bicyclic) bond motifs is 1. The molecular weight excluding hydrogens is 192 g/mol. The third kappa shape index (κ3) is 1.63. The van der Waals surface area contributed by atoms with Gasteiger partial charge in [0.25, 0.3) is 0 Å². The monoisotopic (exact) mass is 204 g/mol. The van der Waals surface area contributed by atoms with Gasteiger partial charge in [-0.1, -0.05) is 0 Å². The lowest BCUT2D eigenvalue weighted by Crippen LogP contribution is -2.34. The van der Waals surface area contributed by atoms with Crippen molar-refractivity contribution in [1.82, 2.24) is 15.3 Å². The first-order valence-electron chi connectivity index (χ1n) is 4.61. The standard InChI is InChI=1S/C10H12N4O/c1-11-10(15)14(2)7-3-4-8-9(5-7)13-6-12-8/h3-6H,1-2H3,(H,11,15)(H,12,13). The molecule has 2 aromatic rings. The van der Waals surface area contributed by atoms with Crippen molar-refractivity contribution in [3.8, 4) is 0 Å². The molecule has 0 bridgehead atoms. The van der Waals surface area contributed by atoms with Crippen LogP contribution >= 0.6 is 0 Å². The van der Waals surface area contributed by atoms with Crippen LogP contribution in [0.15, 0.2) is 24.5 Å². The van der Waals surface area contributed by atoms with Gasteiger partial charge < -0.3 is 10.3 Å². The lowest BCUT2D eigenvalue weighted by Gasteiger charge is -2.16. The summed E-state index contributed by atoms with van der Waals surface area (Å²) in [6.07, 6.45) is 1.63. The Balaban J connectivity index is 2.39. The van der Waals surface area contributed by atoms with Gasteiger partial charge >= 0.3 is 6.03 Å². The number of nitrogens with zero attached hydrogens (tertiary/aromatic N) is 2. The SMILES string of the molecule is CNC(=O)N(C)c1ccc2[nH]cnc2c1. The van der Waals surface area contributed by atoms with Gasteiger partial charge in [0.05, 0.1) is 17.4 Å². The first kappa shape index (κ1) is 9.51. The number of carbonyl (C=O) groups excluding carboxylic acids is 1. The fraction of sp³-hybridized carbons (Fsp3) is 0.200. The van der Waals surface area contributed by atoms with Gasteiger partial charge in [-0.15, -0.1) is 0 Å². The molecule has 2 N–H and O–H groups in total. The van der Waals surface area contributed by atoms with Gasteiger partial charge in [-0.25, -0.2) is 9.78 Å². The van der Waals surface area contributed by atoms with Gasteiger partial charge in [0, 0.05) is 19.8 Å². The number of amides is 2. The van der Waals surface area contributed by atoms with Crippen LogP contribution in [0.1, 0.15) is 0 Å². The Kier molecular flexibility index (Phi) is 2.29. The van der Waals surface area contributed by atoms with E-state index in [0.717, 1.165) is 16.7 Å². The number of anilines is 1. The van der Waals surface area contributed by atoms with E-state index in [2.05, 4.69) is 15.3 Å². The topological polar surface area (TPSA) is 61.0 Å². The third-order valence-corrected chi connectivity index (χ3v) is 2.31. The molecule has 78 valence electrons. The molecule has 0 unspecified atom stereocenters. The summed E-state index contributed by atoms with van der Waals surface area (Å²) < 4.78 is 0. The lowest BCUT2D eigenvalue weighted by molar-refractivity contribution is 0.249. The average molecular weight is 204 g/mol. The number of H-pyrrole nitrogens is 1. The van der Waals surface area contributed by atoms with Gasteiger partial charge in [-0.3, -0.25) is 4.90 Å². The molecule has 5 heteroatoms. The van der Waals surface area contributed by atoms with Crippen LogP contribution in [0, 0.1) is 0 Å². The quantitative estimate of drug-likeness (QED) is 0.736. The predicted octanol–water partition coefficient (Wildman–Crippen LogP) is 1.34. The smallest absolute Gasteiger partial charge is 0.321 e. The van der Waals surface area contributed by atoms with Gasteiger partial charge in [-0.2, -0.15) is 0 Å². The zero-order valence-electron chi connectivity index (χ0n) is 8.61. The number of nitrogens with one attached hydrogen (secondary N) is 2. The number of imidazole rings is 1. The summed E-state index contributed by atoms with van der Waals surface area (Å²) in [5.41, 5.74) is 2.63. The maximum atomic E-state index is 11.4. The number of benzene rings is 1. The summed E-state index contributed by atoms with van der Waals surface area (Å²) in [6, 6.07) is 5.48. The molecule has 1 heterocycles. The molecule has 0 saturated heterocycles. The maximum absolute atomic E-state index is 11.4. The number of rotatable bonds is 1. The summed E-state index contributed by atoms with van der Waals surface area (Å²) >= 11 is 0. The molecule has 0 atom stereocenters. The van der Waals surface area contributed by atoms with Crippen LogP contribution in [0.5, 0.6) is 0 Å². The van der Waals surface area contributed by atoms with E-state index in [1.165, 1.54) is 4.90 Å². The second-order valence-corrected chi connectivity index (χ2v) is 3.22. The van der Waals surface area contributed by atoms with Crippen molar-refractivity contribution in [2.24, 2.45) is 0 Å². The third-order valence-electron chi connectivity index (χ3n) is 2.31. The van der Waals surface area contributed by atoms with Gasteiger partial charge in [-0.05, 0) is 18.2 Å². The van der Waals surface area contributed by atoms with E-state index < -0.39 is 0 Å². The molecule has 0 fully saturated rings. The fourth-order valence-electron chi connectivity index (χ4n) is 1.41. The highest BCUT2D eigenvalue weighted by molar-refractivity contribution is 5.93. The normalized spacial score (nSPS) is 10.3. The van der Waals surface area contributed by atoms with Crippen LogP contribution in [0.4, 0.5) is 10.5 Å². The number of aromatic nitrogens is 2. The number of hydrogen-bond donors (Lipinski definition) is 2. The predicted molar refractivity (Wildman–Crippen MR) is 59.0 cm³/mol. The highest BCUT2D eigenvalue weighted by Crippen LogP contribution is 2.18. The van der Waals surface area contributed by atoms with E-state index in [9.17, 15) is 4.79 Å². The second-order valence-electron chi connectivity index (χ2n) is 3.22. The van der Waals surface area contributed by atoms with E-state index in [0.29, 0.717) is 0 Å². The number of hydrogen-bond acceptors (Lipinski definition) is 2. The Morgan fingerprint density at radius 3 is 3.07 bits per heavy atom. The highest BCUT2D eigenvalue weighted by atomic mass is 16.2. The first-order valence-corrected chi connectivity index (χ1v) is 4.61. The van der Waals surface area contributed by atoms with Crippen molar-refractivity contribution in [2.45, 2.75) is 0 Å². The van der Waals surface area contributed by atoms with Crippen LogP contribution < -0.4 is 10.2 Å². The van der Waals surface area contributed by atoms with Crippen LogP contribution in [0.3, 0.4) is 0 Å². The first-order chi connectivity index (χ1) is 7.22. The summed E-state index contributed by atoms with van der Waals surface area (Å²) in [7, 11) is 3.32. The van der Waals surface area contributed by atoms with Gasteiger partial charge in [0.1, 0.15) is 0 Å². The summed E-state index contributed by atoms with van der Waals surface area (Å²) in [5, 5.41) is 2.56. The Labute approximate surface area is 87.1 Å². The number of aromatic amines is 1.